The smallest absolute Gasteiger partial charge is 0.191 e. The molecular formula is C23H40O7Si. The van der Waals surface area contributed by atoms with Crippen molar-refractivity contribution in [2.75, 3.05) is 33.9 Å². The van der Waals surface area contributed by atoms with E-state index in [4.69, 9.17) is 23.4 Å². The van der Waals surface area contributed by atoms with Gasteiger partial charge in [0.1, 0.15) is 19.2 Å². The van der Waals surface area contributed by atoms with Gasteiger partial charge in [-0.3, -0.25) is 0 Å². The van der Waals surface area contributed by atoms with Crippen LogP contribution < -0.4 is 0 Å². The van der Waals surface area contributed by atoms with E-state index < -0.39 is 32.7 Å². The molecule has 1 unspecified atom stereocenters. The number of hydrogen-bond donors (Lipinski definition) is 2. The van der Waals surface area contributed by atoms with E-state index in [0.717, 1.165) is 5.56 Å². The monoisotopic (exact) mass is 456 g/mol. The third kappa shape index (κ3) is 6.82. The molecule has 0 radical (unpaired) electrons. The lowest BCUT2D eigenvalue weighted by atomic mass is 9.96. The van der Waals surface area contributed by atoms with E-state index in [9.17, 15) is 10.2 Å². The van der Waals surface area contributed by atoms with Crippen LogP contribution in [-0.4, -0.2) is 70.2 Å². The molecule has 1 aromatic carbocycles. The summed E-state index contributed by atoms with van der Waals surface area (Å²) in [6.45, 7) is 11.3. The highest BCUT2D eigenvalue weighted by Gasteiger charge is 2.56. The third-order valence-corrected chi connectivity index (χ3v) is 11.0. The summed E-state index contributed by atoms with van der Waals surface area (Å²) in [5, 5.41) is 21.4. The quantitative estimate of drug-likeness (QED) is 0.283. The number of rotatable bonds is 12. The van der Waals surface area contributed by atoms with Crippen molar-refractivity contribution < 1.29 is 33.6 Å². The molecule has 0 heterocycles. The predicted octanol–water partition coefficient (Wildman–Crippen LogP) is 3.30. The molecule has 1 aliphatic carbocycles. The normalized spacial score (nSPS) is 27.0. The van der Waals surface area contributed by atoms with Crippen LogP contribution >= 0.6 is 0 Å². The number of methoxy groups -OCH3 is 1. The zero-order chi connectivity index (χ0) is 23.1. The maximum Gasteiger partial charge on any atom is 0.191 e. The molecule has 1 saturated carbocycles. The fraction of sp³-hybridized carbons (Fsp3) is 0.739. The molecule has 0 saturated heterocycles. The highest BCUT2D eigenvalue weighted by molar-refractivity contribution is 6.74. The summed E-state index contributed by atoms with van der Waals surface area (Å²) >= 11 is 0. The van der Waals surface area contributed by atoms with Crippen LogP contribution in [0.5, 0.6) is 0 Å². The zero-order valence-electron chi connectivity index (χ0n) is 19.8. The van der Waals surface area contributed by atoms with E-state index in [2.05, 4.69) is 33.9 Å². The van der Waals surface area contributed by atoms with Crippen LogP contribution in [0.25, 0.3) is 0 Å². The number of aliphatic hydroxyl groups is 2. The molecule has 7 nitrogen and oxygen atoms in total. The number of aliphatic hydroxyl groups excluding tert-OH is 1. The first kappa shape index (κ1) is 26.4. The lowest BCUT2D eigenvalue weighted by Crippen LogP contribution is -2.53. The molecule has 8 heteroatoms. The van der Waals surface area contributed by atoms with Gasteiger partial charge >= 0.3 is 0 Å². The van der Waals surface area contributed by atoms with Gasteiger partial charge in [0.05, 0.1) is 25.4 Å². The lowest BCUT2D eigenvalue weighted by Gasteiger charge is -2.38. The van der Waals surface area contributed by atoms with Crippen LogP contribution in [0, 0.1) is 5.92 Å². The number of hydrogen-bond acceptors (Lipinski definition) is 7. The van der Waals surface area contributed by atoms with E-state index in [1.54, 1.807) is 0 Å². The summed E-state index contributed by atoms with van der Waals surface area (Å²) in [7, 11) is -0.460. The number of benzene rings is 1. The van der Waals surface area contributed by atoms with Crippen molar-refractivity contribution >= 4 is 8.32 Å². The Hall–Kier alpha value is -0.843. The highest BCUT2D eigenvalue weighted by atomic mass is 28.4. The summed E-state index contributed by atoms with van der Waals surface area (Å²) < 4.78 is 28.8. The average Bonchev–Trinajstić information content (AvgIpc) is 2.99. The average molecular weight is 457 g/mol. The van der Waals surface area contributed by atoms with E-state index in [1.807, 2.05) is 30.3 Å². The molecule has 1 aliphatic rings. The molecule has 0 aliphatic heterocycles. The molecule has 2 rings (SSSR count). The molecule has 4 atom stereocenters. The maximum atomic E-state index is 11.3. The second kappa shape index (κ2) is 11.3. The molecule has 0 bridgehead atoms. The topological polar surface area (TPSA) is 86.6 Å². The summed E-state index contributed by atoms with van der Waals surface area (Å²) in [4.78, 5) is 0. The molecule has 0 aromatic heterocycles. The highest BCUT2D eigenvalue weighted by Crippen LogP contribution is 2.42. The molecular weight excluding hydrogens is 416 g/mol. The van der Waals surface area contributed by atoms with Gasteiger partial charge in [0, 0.05) is 19.6 Å². The Morgan fingerprint density at radius 2 is 1.77 bits per heavy atom. The van der Waals surface area contributed by atoms with Crippen LogP contribution in [0.3, 0.4) is 0 Å². The van der Waals surface area contributed by atoms with Gasteiger partial charge < -0.3 is 33.6 Å². The van der Waals surface area contributed by atoms with E-state index in [-0.39, 0.29) is 24.5 Å². The van der Waals surface area contributed by atoms with Gasteiger partial charge in [-0.2, -0.15) is 0 Å². The molecule has 178 valence electrons. The molecule has 0 amide bonds. The summed E-state index contributed by atoms with van der Waals surface area (Å²) in [5.74, 6) is -0.145. The van der Waals surface area contributed by atoms with Crippen molar-refractivity contribution in [2.24, 2.45) is 5.92 Å². The Balaban J connectivity index is 2.06. The Labute approximate surface area is 187 Å². The minimum Gasteiger partial charge on any atom is -0.416 e. The first-order valence-electron chi connectivity index (χ1n) is 10.9. The first-order chi connectivity index (χ1) is 14.5. The largest absolute Gasteiger partial charge is 0.416 e. The molecule has 0 spiro atoms. The fourth-order valence-electron chi connectivity index (χ4n) is 3.57. The van der Waals surface area contributed by atoms with Gasteiger partial charge in [-0.25, -0.2) is 0 Å². The second-order valence-corrected chi connectivity index (χ2v) is 14.6. The van der Waals surface area contributed by atoms with E-state index in [0.29, 0.717) is 19.6 Å². The van der Waals surface area contributed by atoms with Crippen molar-refractivity contribution in [3.05, 3.63) is 35.9 Å². The first-order valence-corrected chi connectivity index (χ1v) is 13.8. The van der Waals surface area contributed by atoms with Gasteiger partial charge in [-0.1, -0.05) is 51.1 Å². The predicted molar refractivity (Wildman–Crippen MR) is 121 cm³/mol. The van der Waals surface area contributed by atoms with Crippen LogP contribution in [0.2, 0.25) is 18.1 Å². The van der Waals surface area contributed by atoms with Crippen molar-refractivity contribution in [3.8, 4) is 0 Å². The lowest BCUT2D eigenvalue weighted by molar-refractivity contribution is -0.215. The van der Waals surface area contributed by atoms with Crippen LogP contribution in [0.15, 0.2) is 30.3 Å². The van der Waals surface area contributed by atoms with Crippen LogP contribution in [0.1, 0.15) is 32.8 Å². The Morgan fingerprint density at radius 1 is 1.10 bits per heavy atom. The molecule has 31 heavy (non-hydrogen) atoms. The van der Waals surface area contributed by atoms with Gasteiger partial charge in [-0.15, -0.1) is 0 Å². The van der Waals surface area contributed by atoms with E-state index >= 15 is 0 Å². The third-order valence-electron chi connectivity index (χ3n) is 6.54. The van der Waals surface area contributed by atoms with Crippen molar-refractivity contribution in [1.82, 2.24) is 0 Å². The standard InChI is InChI=1S/C23H40O7Si/c1-22(2,3)31(5,6)30-14-19-12-20(28-16-26-4)23(25,15-24)21(19)29-17-27-13-18-10-8-7-9-11-18/h7-11,19-21,24-25H,12-17H2,1-6H3/t19-,20?,21-,23-/m0/s1. The Morgan fingerprint density at radius 3 is 2.35 bits per heavy atom. The minimum absolute atomic E-state index is 0.00450. The SMILES string of the molecule is COCOC1C[C@@H](CO[Si](C)(C)C(C)(C)C)[C@H](OCOCc2ccccc2)[C@]1(O)CO. The Bertz CT molecular complexity index is 649. The number of ether oxygens (including phenoxy) is 4. The Kier molecular flexibility index (Phi) is 9.66. The van der Waals surface area contributed by atoms with Gasteiger partial charge in [0.25, 0.3) is 0 Å². The molecule has 1 aromatic rings. The minimum atomic E-state index is -1.98. The van der Waals surface area contributed by atoms with Gasteiger partial charge in [0.15, 0.2) is 8.32 Å². The molecule has 2 N–H and O–H groups in total. The fourth-order valence-corrected chi connectivity index (χ4v) is 4.63. The van der Waals surface area contributed by atoms with Crippen LogP contribution in [-0.2, 0) is 30.0 Å². The van der Waals surface area contributed by atoms with Crippen molar-refractivity contribution in [2.45, 2.75) is 69.7 Å². The van der Waals surface area contributed by atoms with Gasteiger partial charge in [-0.05, 0) is 30.1 Å². The van der Waals surface area contributed by atoms with E-state index in [1.165, 1.54) is 7.11 Å². The zero-order valence-corrected chi connectivity index (χ0v) is 20.8. The summed E-state index contributed by atoms with van der Waals surface area (Å²) in [6.07, 6.45) is -0.803. The molecule has 1 fully saturated rings. The summed E-state index contributed by atoms with van der Waals surface area (Å²) in [6, 6.07) is 9.81. The van der Waals surface area contributed by atoms with Crippen LogP contribution in [0.4, 0.5) is 0 Å². The second-order valence-electron chi connectivity index (χ2n) is 9.82. The van der Waals surface area contributed by atoms with Gasteiger partial charge in [0.2, 0.25) is 0 Å². The van der Waals surface area contributed by atoms with Crippen molar-refractivity contribution in [1.29, 1.82) is 0 Å². The maximum absolute atomic E-state index is 11.3. The summed E-state index contributed by atoms with van der Waals surface area (Å²) in [5.41, 5.74) is -0.523. The van der Waals surface area contributed by atoms with Crippen molar-refractivity contribution in [3.63, 3.8) is 0 Å².